The molecule has 1 aliphatic heterocycles. The third-order valence-electron chi connectivity index (χ3n) is 3.19. The summed E-state index contributed by atoms with van der Waals surface area (Å²) < 4.78 is 11.4. The molecule has 1 fully saturated rings. The quantitative estimate of drug-likeness (QED) is 0.838. The molecule has 0 bridgehead atoms. The molecule has 0 unspecified atom stereocenters. The molecule has 0 aliphatic carbocycles. The minimum Gasteiger partial charge on any atom is -0.491 e. The SMILES string of the molecule is CC(C)(C)OCCOc1cccc(N2CCNCC2)c1. The van der Waals surface area contributed by atoms with Crippen LogP contribution in [0.5, 0.6) is 5.75 Å². The van der Waals surface area contributed by atoms with E-state index in [-0.39, 0.29) is 5.60 Å². The Morgan fingerprint density at radius 2 is 1.90 bits per heavy atom. The Morgan fingerprint density at radius 1 is 1.15 bits per heavy atom. The van der Waals surface area contributed by atoms with Gasteiger partial charge in [-0.1, -0.05) is 6.07 Å². The van der Waals surface area contributed by atoms with Gasteiger partial charge in [0.15, 0.2) is 0 Å². The monoisotopic (exact) mass is 278 g/mol. The molecule has 1 aromatic carbocycles. The zero-order chi connectivity index (χ0) is 14.4. The molecule has 20 heavy (non-hydrogen) atoms. The Bertz CT molecular complexity index is 409. The van der Waals surface area contributed by atoms with Crippen molar-refractivity contribution in [2.24, 2.45) is 0 Å². The first-order chi connectivity index (χ1) is 9.54. The van der Waals surface area contributed by atoms with E-state index in [1.54, 1.807) is 0 Å². The van der Waals surface area contributed by atoms with E-state index in [0.29, 0.717) is 13.2 Å². The fraction of sp³-hybridized carbons (Fsp3) is 0.625. The van der Waals surface area contributed by atoms with E-state index in [0.717, 1.165) is 31.9 Å². The van der Waals surface area contributed by atoms with Gasteiger partial charge in [0.05, 0.1) is 12.2 Å². The molecule has 4 heteroatoms. The maximum atomic E-state index is 5.77. The number of hydrogen-bond donors (Lipinski definition) is 1. The fourth-order valence-electron chi connectivity index (χ4n) is 2.20. The van der Waals surface area contributed by atoms with Crippen molar-refractivity contribution in [2.45, 2.75) is 26.4 Å². The predicted molar refractivity (Wildman–Crippen MR) is 82.7 cm³/mol. The van der Waals surface area contributed by atoms with Crippen LogP contribution in [0.4, 0.5) is 5.69 Å². The van der Waals surface area contributed by atoms with Gasteiger partial charge >= 0.3 is 0 Å². The van der Waals surface area contributed by atoms with Crippen LogP contribution in [-0.4, -0.2) is 45.0 Å². The minimum atomic E-state index is -0.105. The van der Waals surface area contributed by atoms with E-state index in [9.17, 15) is 0 Å². The molecular weight excluding hydrogens is 252 g/mol. The zero-order valence-electron chi connectivity index (χ0n) is 12.8. The van der Waals surface area contributed by atoms with Crippen LogP contribution >= 0.6 is 0 Å². The lowest BCUT2D eigenvalue weighted by Gasteiger charge is -2.29. The largest absolute Gasteiger partial charge is 0.491 e. The molecule has 0 amide bonds. The molecule has 0 saturated carbocycles. The molecule has 0 atom stereocenters. The van der Waals surface area contributed by atoms with E-state index >= 15 is 0 Å². The van der Waals surface area contributed by atoms with E-state index in [1.165, 1.54) is 5.69 Å². The second kappa shape index (κ2) is 6.95. The number of nitrogens with zero attached hydrogens (tertiary/aromatic N) is 1. The smallest absolute Gasteiger partial charge is 0.121 e. The first-order valence-electron chi connectivity index (χ1n) is 7.37. The van der Waals surface area contributed by atoms with Crippen LogP contribution in [0.1, 0.15) is 20.8 Å². The normalized spacial score (nSPS) is 16.2. The lowest BCUT2D eigenvalue weighted by molar-refractivity contribution is -0.0162. The van der Waals surface area contributed by atoms with Crippen LogP contribution in [0.25, 0.3) is 0 Å². The number of benzene rings is 1. The predicted octanol–water partition coefficient (Wildman–Crippen LogP) is 2.29. The molecule has 2 rings (SSSR count). The van der Waals surface area contributed by atoms with E-state index in [4.69, 9.17) is 9.47 Å². The van der Waals surface area contributed by atoms with Crippen molar-refractivity contribution in [1.82, 2.24) is 5.32 Å². The summed E-state index contributed by atoms with van der Waals surface area (Å²) in [5.41, 5.74) is 1.13. The van der Waals surface area contributed by atoms with Gasteiger partial charge in [0, 0.05) is 37.9 Å². The van der Waals surface area contributed by atoms with Gasteiger partial charge in [-0.3, -0.25) is 0 Å². The first kappa shape index (κ1) is 15.1. The van der Waals surface area contributed by atoms with Crippen LogP contribution in [0.3, 0.4) is 0 Å². The summed E-state index contributed by atoms with van der Waals surface area (Å²) in [6.45, 7) is 11.6. The van der Waals surface area contributed by atoms with Gasteiger partial charge < -0.3 is 19.7 Å². The number of piperazine rings is 1. The van der Waals surface area contributed by atoms with Crippen molar-refractivity contribution in [3.63, 3.8) is 0 Å². The lowest BCUT2D eigenvalue weighted by Crippen LogP contribution is -2.43. The van der Waals surface area contributed by atoms with Gasteiger partial charge in [-0.15, -0.1) is 0 Å². The third kappa shape index (κ3) is 5.02. The van der Waals surface area contributed by atoms with Gasteiger partial charge in [0.1, 0.15) is 12.4 Å². The topological polar surface area (TPSA) is 33.7 Å². The first-order valence-corrected chi connectivity index (χ1v) is 7.37. The van der Waals surface area contributed by atoms with E-state index in [2.05, 4.69) is 49.2 Å². The highest BCUT2D eigenvalue weighted by atomic mass is 16.5. The number of hydrogen-bond acceptors (Lipinski definition) is 4. The Labute approximate surface area is 122 Å². The number of anilines is 1. The van der Waals surface area contributed by atoms with Crippen LogP contribution < -0.4 is 15.0 Å². The lowest BCUT2D eigenvalue weighted by atomic mass is 10.2. The summed E-state index contributed by atoms with van der Waals surface area (Å²) in [6.07, 6.45) is 0. The average Bonchev–Trinajstić information content (AvgIpc) is 2.44. The third-order valence-corrected chi connectivity index (χ3v) is 3.19. The molecule has 0 spiro atoms. The second-order valence-electron chi connectivity index (χ2n) is 6.04. The van der Waals surface area contributed by atoms with Crippen LogP contribution in [0.2, 0.25) is 0 Å². The van der Waals surface area contributed by atoms with Gasteiger partial charge in [0.25, 0.3) is 0 Å². The molecule has 1 heterocycles. The van der Waals surface area contributed by atoms with Crippen LogP contribution in [-0.2, 0) is 4.74 Å². The molecule has 1 aromatic rings. The summed E-state index contributed by atoms with van der Waals surface area (Å²) in [7, 11) is 0. The van der Waals surface area contributed by atoms with Gasteiger partial charge in [-0.05, 0) is 32.9 Å². The van der Waals surface area contributed by atoms with Gasteiger partial charge in [-0.2, -0.15) is 0 Å². The van der Waals surface area contributed by atoms with Crippen molar-refractivity contribution < 1.29 is 9.47 Å². The second-order valence-corrected chi connectivity index (χ2v) is 6.04. The van der Waals surface area contributed by atoms with Crippen molar-refractivity contribution >= 4 is 5.69 Å². The Morgan fingerprint density at radius 3 is 2.60 bits per heavy atom. The average molecular weight is 278 g/mol. The molecule has 0 aromatic heterocycles. The van der Waals surface area contributed by atoms with Crippen molar-refractivity contribution in [2.75, 3.05) is 44.3 Å². The number of nitrogens with one attached hydrogen (secondary N) is 1. The molecule has 1 saturated heterocycles. The van der Waals surface area contributed by atoms with Crippen molar-refractivity contribution in [3.8, 4) is 5.75 Å². The highest BCUT2D eigenvalue weighted by molar-refractivity contribution is 5.51. The van der Waals surface area contributed by atoms with E-state index < -0.39 is 0 Å². The zero-order valence-corrected chi connectivity index (χ0v) is 12.8. The summed E-state index contributed by atoms with van der Waals surface area (Å²) in [5, 5.41) is 3.37. The molecule has 4 nitrogen and oxygen atoms in total. The van der Waals surface area contributed by atoms with Gasteiger partial charge in [-0.25, -0.2) is 0 Å². The van der Waals surface area contributed by atoms with Crippen LogP contribution in [0, 0.1) is 0 Å². The highest BCUT2D eigenvalue weighted by Gasteiger charge is 2.11. The van der Waals surface area contributed by atoms with Gasteiger partial charge in [0.2, 0.25) is 0 Å². The molecule has 1 aliphatic rings. The highest BCUT2D eigenvalue weighted by Crippen LogP contribution is 2.21. The molecular formula is C16H26N2O2. The maximum absolute atomic E-state index is 5.77. The molecule has 0 radical (unpaired) electrons. The molecule has 1 N–H and O–H groups in total. The standard InChI is InChI=1S/C16H26N2O2/c1-16(2,3)20-12-11-19-15-6-4-5-14(13-15)18-9-7-17-8-10-18/h4-6,13,17H,7-12H2,1-3H3. The minimum absolute atomic E-state index is 0.105. The van der Waals surface area contributed by atoms with Crippen molar-refractivity contribution in [1.29, 1.82) is 0 Å². The van der Waals surface area contributed by atoms with Crippen LogP contribution in [0.15, 0.2) is 24.3 Å². The maximum Gasteiger partial charge on any atom is 0.121 e. The summed E-state index contributed by atoms with van der Waals surface area (Å²) >= 11 is 0. The van der Waals surface area contributed by atoms with E-state index in [1.807, 2.05) is 6.07 Å². The summed E-state index contributed by atoms with van der Waals surface area (Å²) in [6, 6.07) is 8.31. The van der Waals surface area contributed by atoms with Crippen molar-refractivity contribution in [3.05, 3.63) is 24.3 Å². The summed E-state index contributed by atoms with van der Waals surface area (Å²) in [4.78, 5) is 2.38. The Kier molecular flexibility index (Phi) is 5.26. The number of ether oxygens (including phenoxy) is 2. The molecule has 112 valence electrons. The number of rotatable bonds is 5. The Balaban J connectivity index is 1.83. The summed E-state index contributed by atoms with van der Waals surface area (Å²) in [5.74, 6) is 0.915. The Hall–Kier alpha value is -1.26. The fourth-order valence-corrected chi connectivity index (χ4v) is 2.20.